The number of rotatable bonds is 3. The summed E-state index contributed by atoms with van der Waals surface area (Å²) in [6.45, 7) is 3.86. The van der Waals surface area contributed by atoms with Gasteiger partial charge in [0.1, 0.15) is 11.2 Å². The first-order valence-electron chi connectivity index (χ1n) is 6.00. The summed E-state index contributed by atoms with van der Waals surface area (Å²) in [5, 5.41) is -0.790. The minimum absolute atomic E-state index is 0.161. The van der Waals surface area contributed by atoms with E-state index in [9.17, 15) is 9.18 Å². The van der Waals surface area contributed by atoms with Gasteiger partial charge in [0, 0.05) is 5.56 Å². The van der Waals surface area contributed by atoms with Crippen molar-refractivity contribution >= 4 is 17.4 Å². The maximum atomic E-state index is 12.9. The predicted molar refractivity (Wildman–Crippen MR) is 75.2 cm³/mol. The quantitative estimate of drug-likeness (QED) is 0.591. The summed E-state index contributed by atoms with van der Waals surface area (Å²) in [4.78, 5) is 12.3. The molecule has 1 atom stereocenters. The van der Waals surface area contributed by atoms with Crippen LogP contribution in [0.1, 0.15) is 32.4 Å². The minimum Gasteiger partial charge on any atom is -0.292 e. The molecule has 0 radical (unpaired) electrons. The van der Waals surface area contributed by atoms with Gasteiger partial charge in [-0.2, -0.15) is 0 Å². The Morgan fingerprint density at radius 1 is 1.11 bits per heavy atom. The molecule has 0 spiro atoms. The Balaban J connectivity index is 2.30. The zero-order valence-corrected chi connectivity index (χ0v) is 11.5. The molecule has 0 fully saturated rings. The number of carbonyl (C=O) groups excluding carboxylic acids is 1. The summed E-state index contributed by atoms with van der Waals surface area (Å²) in [6.07, 6.45) is 0. The fourth-order valence-electron chi connectivity index (χ4n) is 2.01. The molecule has 0 amide bonds. The van der Waals surface area contributed by atoms with Gasteiger partial charge in [-0.15, -0.1) is 11.6 Å². The number of carbonyl (C=O) groups is 1. The van der Waals surface area contributed by atoms with Gasteiger partial charge in [0.15, 0.2) is 5.78 Å². The van der Waals surface area contributed by atoms with Gasteiger partial charge in [0.2, 0.25) is 0 Å². The van der Waals surface area contributed by atoms with E-state index in [1.807, 2.05) is 26.0 Å². The zero-order valence-electron chi connectivity index (χ0n) is 10.8. The Labute approximate surface area is 117 Å². The summed E-state index contributed by atoms with van der Waals surface area (Å²) in [5.41, 5.74) is 3.21. The molecule has 1 nitrogen and oxygen atoms in total. The second kappa shape index (κ2) is 5.54. The SMILES string of the molecule is Cc1ccc(C(=O)C(Cl)c2ccc(F)cc2)c(C)c1. The van der Waals surface area contributed by atoms with Crippen molar-refractivity contribution in [1.82, 2.24) is 0 Å². The Kier molecular flexibility index (Phi) is 4.01. The van der Waals surface area contributed by atoms with Crippen LogP contribution in [0, 0.1) is 19.7 Å². The largest absolute Gasteiger partial charge is 0.292 e. The number of hydrogen-bond donors (Lipinski definition) is 0. The first kappa shape index (κ1) is 13.8. The molecule has 0 saturated carbocycles. The molecular weight excluding hydrogens is 263 g/mol. The number of benzene rings is 2. The van der Waals surface area contributed by atoms with Crippen molar-refractivity contribution < 1.29 is 9.18 Å². The second-order valence-corrected chi connectivity index (χ2v) is 5.03. The van der Waals surface area contributed by atoms with Gasteiger partial charge < -0.3 is 0 Å². The van der Waals surface area contributed by atoms with E-state index in [0.29, 0.717) is 11.1 Å². The van der Waals surface area contributed by atoms with Crippen LogP contribution in [0.5, 0.6) is 0 Å². The fourth-order valence-corrected chi connectivity index (χ4v) is 2.27. The van der Waals surface area contributed by atoms with Crippen molar-refractivity contribution in [1.29, 1.82) is 0 Å². The molecule has 0 bridgehead atoms. The second-order valence-electron chi connectivity index (χ2n) is 4.60. The zero-order chi connectivity index (χ0) is 14.0. The Morgan fingerprint density at radius 3 is 2.32 bits per heavy atom. The van der Waals surface area contributed by atoms with Gasteiger partial charge in [0.25, 0.3) is 0 Å². The first-order valence-corrected chi connectivity index (χ1v) is 6.43. The third-order valence-electron chi connectivity index (χ3n) is 3.04. The van der Waals surface area contributed by atoms with Gasteiger partial charge in [-0.05, 0) is 37.1 Å². The molecule has 0 N–H and O–H groups in total. The van der Waals surface area contributed by atoms with Crippen molar-refractivity contribution in [2.45, 2.75) is 19.2 Å². The average Bonchev–Trinajstić information content (AvgIpc) is 2.38. The van der Waals surface area contributed by atoms with E-state index in [1.54, 1.807) is 6.07 Å². The molecule has 2 rings (SSSR count). The summed E-state index contributed by atoms with van der Waals surface area (Å²) >= 11 is 6.18. The standard InChI is InChI=1S/C16H14ClFO/c1-10-3-8-14(11(2)9-10)16(19)15(17)12-4-6-13(18)7-5-12/h3-9,15H,1-2H3. The van der Waals surface area contributed by atoms with E-state index in [4.69, 9.17) is 11.6 Å². The third-order valence-corrected chi connectivity index (χ3v) is 3.49. The number of hydrogen-bond acceptors (Lipinski definition) is 1. The molecule has 2 aromatic carbocycles. The van der Waals surface area contributed by atoms with E-state index in [1.165, 1.54) is 24.3 Å². The van der Waals surface area contributed by atoms with Crippen LogP contribution in [0.3, 0.4) is 0 Å². The van der Waals surface area contributed by atoms with Gasteiger partial charge in [-0.25, -0.2) is 4.39 Å². The Bertz CT molecular complexity index is 605. The van der Waals surface area contributed by atoms with Gasteiger partial charge in [-0.1, -0.05) is 35.9 Å². The normalized spacial score (nSPS) is 12.2. The van der Waals surface area contributed by atoms with Crippen molar-refractivity contribution in [3.63, 3.8) is 0 Å². The lowest BCUT2D eigenvalue weighted by atomic mass is 9.97. The fraction of sp³-hybridized carbons (Fsp3) is 0.188. The molecule has 3 heteroatoms. The van der Waals surface area contributed by atoms with Gasteiger partial charge in [-0.3, -0.25) is 4.79 Å². The topological polar surface area (TPSA) is 17.1 Å². The van der Waals surface area contributed by atoms with Crippen LogP contribution >= 0.6 is 11.6 Å². The van der Waals surface area contributed by atoms with E-state index in [-0.39, 0.29) is 11.6 Å². The highest BCUT2D eigenvalue weighted by Gasteiger charge is 2.20. The lowest BCUT2D eigenvalue weighted by Crippen LogP contribution is -2.09. The summed E-state index contributed by atoms with van der Waals surface area (Å²) < 4.78 is 12.9. The first-order chi connectivity index (χ1) is 8.99. The minimum atomic E-state index is -0.790. The molecule has 0 aliphatic heterocycles. The molecule has 19 heavy (non-hydrogen) atoms. The van der Waals surface area contributed by atoms with Gasteiger partial charge >= 0.3 is 0 Å². The molecular formula is C16H14ClFO. The number of aryl methyl sites for hydroxylation is 2. The van der Waals surface area contributed by atoms with Crippen LogP contribution < -0.4 is 0 Å². The van der Waals surface area contributed by atoms with Crippen LogP contribution in [0.2, 0.25) is 0 Å². The number of alkyl halides is 1. The van der Waals surface area contributed by atoms with E-state index in [2.05, 4.69) is 0 Å². The van der Waals surface area contributed by atoms with Crippen LogP contribution in [-0.2, 0) is 0 Å². The number of ketones is 1. The Hall–Kier alpha value is -1.67. The molecule has 0 heterocycles. The molecule has 0 aromatic heterocycles. The number of Topliss-reactive ketones (excluding diaryl/α,β-unsaturated/α-hetero) is 1. The third kappa shape index (κ3) is 3.02. The summed E-state index contributed by atoms with van der Waals surface area (Å²) in [6, 6.07) is 11.3. The van der Waals surface area contributed by atoms with Crippen LogP contribution in [0.25, 0.3) is 0 Å². The molecule has 98 valence electrons. The van der Waals surface area contributed by atoms with E-state index < -0.39 is 5.38 Å². The smallest absolute Gasteiger partial charge is 0.185 e. The van der Waals surface area contributed by atoms with Crippen molar-refractivity contribution in [2.75, 3.05) is 0 Å². The van der Waals surface area contributed by atoms with Crippen molar-refractivity contribution in [3.05, 3.63) is 70.5 Å². The highest BCUT2D eigenvalue weighted by Crippen LogP contribution is 2.26. The van der Waals surface area contributed by atoms with Gasteiger partial charge in [0.05, 0.1) is 0 Å². The highest BCUT2D eigenvalue weighted by molar-refractivity contribution is 6.34. The summed E-state index contributed by atoms with van der Waals surface area (Å²) in [7, 11) is 0. The Morgan fingerprint density at radius 2 is 1.74 bits per heavy atom. The van der Waals surface area contributed by atoms with E-state index in [0.717, 1.165) is 11.1 Å². The van der Waals surface area contributed by atoms with E-state index >= 15 is 0 Å². The maximum absolute atomic E-state index is 12.9. The lowest BCUT2D eigenvalue weighted by molar-refractivity contribution is 0.0986. The number of halogens is 2. The lowest BCUT2D eigenvalue weighted by Gasteiger charge is -2.11. The van der Waals surface area contributed by atoms with Crippen LogP contribution in [0.4, 0.5) is 4.39 Å². The molecule has 2 aromatic rings. The highest BCUT2D eigenvalue weighted by atomic mass is 35.5. The maximum Gasteiger partial charge on any atom is 0.185 e. The van der Waals surface area contributed by atoms with Crippen LogP contribution in [-0.4, -0.2) is 5.78 Å². The molecule has 0 saturated heterocycles. The molecule has 1 unspecified atom stereocenters. The summed E-state index contributed by atoms with van der Waals surface area (Å²) in [5.74, 6) is -0.502. The van der Waals surface area contributed by atoms with Crippen molar-refractivity contribution in [2.24, 2.45) is 0 Å². The van der Waals surface area contributed by atoms with Crippen molar-refractivity contribution in [3.8, 4) is 0 Å². The molecule has 0 aliphatic rings. The average molecular weight is 277 g/mol. The van der Waals surface area contributed by atoms with Crippen LogP contribution in [0.15, 0.2) is 42.5 Å². The predicted octanol–water partition coefficient (Wildman–Crippen LogP) is 4.61. The molecule has 0 aliphatic carbocycles. The monoisotopic (exact) mass is 276 g/mol.